The van der Waals surface area contributed by atoms with E-state index in [1.807, 2.05) is 48.5 Å². The number of rotatable bonds is 25. The Morgan fingerprint density at radius 2 is 0.786 bits per heavy atom. The molecule has 234 valence electrons. The molecule has 42 heavy (non-hydrogen) atoms. The molecule has 0 aliphatic rings. The number of aliphatic hydroxyl groups is 2. The lowest BCUT2D eigenvalue weighted by atomic mass is 10.1. The molecule has 0 fully saturated rings. The number of aliphatic hydroxyl groups excluding tert-OH is 2. The minimum atomic E-state index is -0.0566. The van der Waals surface area contributed by atoms with Crippen molar-refractivity contribution in [2.24, 2.45) is 0 Å². The maximum Gasteiger partial charge on any atom is 0.252 e. The van der Waals surface area contributed by atoms with Gasteiger partial charge in [-0.15, -0.1) is 0 Å². The van der Waals surface area contributed by atoms with Gasteiger partial charge < -0.3 is 20.8 Å². The molecule has 2 rings (SSSR count). The van der Waals surface area contributed by atoms with Crippen molar-refractivity contribution in [1.82, 2.24) is 10.6 Å². The first kappa shape index (κ1) is 36.2. The highest BCUT2D eigenvalue weighted by atomic mass is 33.1. The molecule has 0 atom stereocenters. The molecule has 0 heterocycles. The van der Waals surface area contributed by atoms with E-state index in [1.54, 1.807) is 0 Å². The first-order valence-corrected chi connectivity index (χ1v) is 18.1. The number of unbranched alkanes of at least 4 members (excludes halogenated alkanes) is 14. The average Bonchev–Trinajstić information content (AvgIpc) is 3.02. The zero-order chi connectivity index (χ0) is 30.1. The summed E-state index contributed by atoms with van der Waals surface area (Å²) in [5, 5.41) is 23.8. The van der Waals surface area contributed by atoms with Gasteiger partial charge in [0.25, 0.3) is 11.8 Å². The molecule has 2 amide bonds. The summed E-state index contributed by atoms with van der Waals surface area (Å²) in [4.78, 5) is 27.6. The van der Waals surface area contributed by atoms with Crippen molar-refractivity contribution in [2.45, 2.75) is 113 Å². The summed E-state index contributed by atoms with van der Waals surface area (Å²) in [6.45, 7) is 1.92. The van der Waals surface area contributed by atoms with E-state index >= 15 is 0 Å². The van der Waals surface area contributed by atoms with E-state index in [9.17, 15) is 9.59 Å². The lowest BCUT2D eigenvalue weighted by molar-refractivity contribution is 0.0941. The molecule has 6 nitrogen and oxygen atoms in total. The Bertz CT molecular complexity index is 926. The standard InChI is InChI=1S/C34H52N2O4S2/c37-27-19-11-7-3-1-5-9-17-25-35-33(39)29-21-13-15-23-31(29)41-42-32-24-16-14-22-30(32)34(40)36-26-18-10-6-2-4-8-12-20-28-38/h13-16,21-24,37-38H,1-12,17-20,25-28H2,(H,35,39)(H,36,40). The number of nitrogens with one attached hydrogen (secondary N) is 2. The number of carbonyl (C=O) groups excluding carboxylic acids is 2. The number of benzene rings is 2. The topological polar surface area (TPSA) is 98.7 Å². The van der Waals surface area contributed by atoms with Crippen LogP contribution < -0.4 is 10.6 Å². The lowest BCUT2D eigenvalue weighted by Gasteiger charge is -2.12. The van der Waals surface area contributed by atoms with Crippen molar-refractivity contribution >= 4 is 33.4 Å². The molecular formula is C34H52N2O4S2. The molecular weight excluding hydrogens is 565 g/mol. The minimum absolute atomic E-state index is 0.0566. The molecule has 4 N–H and O–H groups in total. The molecule has 0 radical (unpaired) electrons. The van der Waals surface area contributed by atoms with Crippen molar-refractivity contribution in [3.63, 3.8) is 0 Å². The molecule has 2 aromatic carbocycles. The maximum atomic E-state index is 12.9. The van der Waals surface area contributed by atoms with E-state index in [-0.39, 0.29) is 11.8 Å². The first-order valence-electron chi connectivity index (χ1n) is 16.0. The van der Waals surface area contributed by atoms with Crippen LogP contribution in [-0.2, 0) is 0 Å². The Labute approximate surface area is 261 Å². The van der Waals surface area contributed by atoms with Gasteiger partial charge in [-0.3, -0.25) is 9.59 Å². The third-order valence-electron chi connectivity index (χ3n) is 7.23. The molecule has 0 aliphatic carbocycles. The van der Waals surface area contributed by atoms with E-state index in [0.29, 0.717) is 37.4 Å². The van der Waals surface area contributed by atoms with Gasteiger partial charge in [-0.1, -0.05) is 123 Å². The molecule has 0 saturated carbocycles. The van der Waals surface area contributed by atoms with Crippen LogP contribution in [0.2, 0.25) is 0 Å². The highest BCUT2D eigenvalue weighted by Gasteiger charge is 2.15. The number of carbonyl (C=O) groups is 2. The van der Waals surface area contributed by atoms with Crippen LogP contribution in [-0.4, -0.2) is 48.3 Å². The van der Waals surface area contributed by atoms with Crippen molar-refractivity contribution in [2.75, 3.05) is 26.3 Å². The molecule has 0 bridgehead atoms. The summed E-state index contributed by atoms with van der Waals surface area (Å²) in [6.07, 6.45) is 17.8. The van der Waals surface area contributed by atoms with Crippen LogP contribution in [0.5, 0.6) is 0 Å². The summed E-state index contributed by atoms with van der Waals surface area (Å²) < 4.78 is 0. The molecule has 0 spiro atoms. The third-order valence-corrected chi connectivity index (χ3v) is 9.71. The van der Waals surface area contributed by atoms with Crippen LogP contribution in [0.1, 0.15) is 123 Å². The van der Waals surface area contributed by atoms with E-state index in [4.69, 9.17) is 10.2 Å². The van der Waals surface area contributed by atoms with Crippen LogP contribution in [0.25, 0.3) is 0 Å². The van der Waals surface area contributed by atoms with E-state index in [1.165, 1.54) is 73.0 Å². The largest absolute Gasteiger partial charge is 0.396 e. The number of hydrogen-bond acceptors (Lipinski definition) is 6. The van der Waals surface area contributed by atoms with Crippen LogP contribution in [0.4, 0.5) is 0 Å². The predicted molar refractivity (Wildman–Crippen MR) is 177 cm³/mol. The SMILES string of the molecule is O=C(NCCCCCCCCCCO)c1ccccc1SSc1ccccc1C(=O)NCCCCCCCCCCO. The van der Waals surface area contributed by atoms with Gasteiger partial charge in [-0.25, -0.2) is 0 Å². The van der Waals surface area contributed by atoms with Gasteiger partial charge in [-0.05, 0) is 49.9 Å². The van der Waals surface area contributed by atoms with Crippen LogP contribution in [0.15, 0.2) is 58.3 Å². The zero-order valence-corrected chi connectivity index (χ0v) is 26.9. The molecule has 8 heteroatoms. The second-order valence-corrected chi connectivity index (χ2v) is 13.0. The van der Waals surface area contributed by atoms with E-state index in [2.05, 4.69) is 10.6 Å². The van der Waals surface area contributed by atoms with Crippen molar-refractivity contribution in [3.05, 3.63) is 59.7 Å². The van der Waals surface area contributed by atoms with Gasteiger partial charge in [0.15, 0.2) is 0 Å². The van der Waals surface area contributed by atoms with Gasteiger partial charge in [-0.2, -0.15) is 0 Å². The average molecular weight is 617 g/mol. The van der Waals surface area contributed by atoms with Gasteiger partial charge >= 0.3 is 0 Å². The Morgan fingerprint density at radius 1 is 0.476 bits per heavy atom. The maximum absolute atomic E-state index is 12.9. The Morgan fingerprint density at radius 3 is 1.14 bits per heavy atom. The Hall–Kier alpha value is -2.00. The zero-order valence-electron chi connectivity index (χ0n) is 25.3. The minimum Gasteiger partial charge on any atom is -0.396 e. The Balaban J connectivity index is 1.72. The highest BCUT2D eigenvalue weighted by Crippen LogP contribution is 2.40. The van der Waals surface area contributed by atoms with Crippen molar-refractivity contribution < 1.29 is 19.8 Å². The second kappa shape index (κ2) is 24.4. The second-order valence-electron chi connectivity index (χ2n) is 10.8. The van der Waals surface area contributed by atoms with Crippen molar-refractivity contribution in [3.8, 4) is 0 Å². The molecule has 0 saturated heterocycles. The van der Waals surface area contributed by atoms with Gasteiger partial charge in [0.2, 0.25) is 0 Å². The Kier molecular flexibility index (Phi) is 21.1. The van der Waals surface area contributed by atoms with Crippen molar-refractivity contribution in [1.29, 1.82) is 0 Å². The molecule has 0 unspecified atom stereocenters. The molecule has 0 aromatic heterocycles. The smallest absolute Gasteiger partial charge is 0.252 e. The van der Waals surface area contributed by atoms with Crippen LogP contribution in [0.3, 0.4) is 0 Å². The highest BCUT2D eigenvalue weighted by molar-refractivity contribution is 8.76. The van der Waals surface area contributed by atoms with Crippen LogP contribution >= 0.6 is 21.6 Å². The summed E-state index contributed by atoms with van der Waals surface area (Å²) in [7, 11) is 3.02. The monoisotopic (exact) mass is 616 g/mol. The van der Waals surface area contributed by atoms with E-state index in [0.717, 1.165) is 61.2 Å². The number of amides is 2. The fourth-order valence-corrected chi connectivity index (χ4v) is 7.09. The fraction of sp³-hybridized carbons (Fsp3) is 0.588. The molecule has 2 aromatic rings. The molecule has 0 aliphatic heterocycles. The summed E-state index contributed by atoms with van der Waals surface area (Å²) in [5.74, 6) is -0.113. The van der Waals surface area contributed by atoms with Gasteiger partial charge in [0.1, 0.15) is 0 Å². The van der Waals surface area contributed by atoms with Crippen LogP contribution in [0, 0.1) is 0 Å². The summed E-state index contributed by atoms with van der Waals surface area (Å²) in [6, 6.07) is 15.3. The summed E-state index contributed by atoms with van der Waals surface area (Å²) in [5.41, 5.74) is 1.32. The first-order chi connectivity index (χ1) is 20.7. The van der Waals surface area contributed by atoms with Gasteiger partial charge in [0.05, 0.1) is 11.1 Å². The van der Waals surface area contributed by atoms with Gasteiger partial charge in [0, 0.05) is 36.1 Å². The fourth-order valence-electron chi connectivity index (χ4n) is 4.73. The summed E-state index contributed by atoms with van der Waals surface area (Å²) >= 11 is 0. The predicted octanol–water partition coefficient (Wildman–Crippen LogP) is 8.17. The lowest BCUT2D eigenvalue weighted by Crippen LogP contribution is -2.25. The van der Waals surface area contributed by atoms with E-state index < -0.39 is 0 Å². The normalized spacial score (nSPS) is 11.0. The number of hydrogen-bond donors (Lipinski definition) is 4. The third kappa shape index (κ3) is 16.0. The quantitative estimate of drug-likeness (QED) is 0.0664.